The smallest absolute Gasteiger partial charge is 0.119 e. The van der Waals surface area contributed by atoms with Crippen LogP contribution < -0.4 is 0 Å². The Labute approximate surface area is 101 Å². The molecule has 2 nitrogen and oxygen atoms in total. The highest BCUT2D eigenvalue weighted by Gasteiger charge is 1.99. The first-order chi connectivity index (χ1) is 7.34. The summed E-state index contributed by atoms with van der Waals surface area (Å²) >= 11 is 4.97. The van der Waals surface area contributed by atoms with Crippen LogP contribution in [0.5, 0.6) is 0 Å². The summed E-state index contributed by atoms with van der Waals surface area (Å²) in [6.07, 6.45) is 1.80. The number of rotatable bonds is 4. The average molecular weight is 284 g/mol. The topological polar surface area (TPSA) is 22.1 Å². The lowest BCUT2D eigenvalue weighted by atomic mass is 10.2. The lowest BCUT2D eigenvalue weighted by Crippen LogP contribution is -1.92. The van der Waals surface area contributed by atoms with Crippen LogP contribution in [0.3, 0.4) is 0 Å². The number of halogens is 1. The zero-order chi connectivity index (χ0) is 10.5. The summed E-state index contributed by atoms with van der Waals surface area (Å²) in [5.41, 5.74) is 1.19. The van der Waals surface area contributed by atoms with Gasteiger partial charge in [0.1, 0.15) is 5.01 Å². The van der Waals surface area contributed by atoms with Gasteiger partial charge < -0.3 is 4.74 Å². The number of benzene rings is 1. The molecular formula is C11H10BrNOS. The Morgan fingerprint density at radius 2 is 2.00 bits per heavy atom. The van der Waals surface area contributed by atoms with Crippen molar-refractivity contribution in [2.75, 3.05) is 0 Å². The molecule has 78 valence electrons. The van der Waals surface area contributed by atoms with Crippen molar-refractivity contribution in [1.29, 1.82) is 0 Å². The fourth-order valence-electron chi connectivity index (χ4n) is 1.19. The van der Waals surface area contributed by atoms with E-state index in [1.807, 2.05) is 18.2 Å². The minimum absolute atomic E-state index is 0.575. The molecule has 0 fully saturated rings. The quantitative estimate of drug-likeness (QED) is 0.855. The SMILES string of the molecule is Brc1cnc(COCc2ccccc2)s1. The van der Waals surface area contributed by atoms with Crippen molar-refractivity contribution >= 4 is 27.3 Å². The molecule has 0 bridgehead atoms. The number of hydrogen-bond donors (Lipinski definition) is 0. The van der Waals surface area contributed by atoms with E-state index in [0.717, 1.165) is 8.79 Å². The molecule has 0 N–H and O–H groups in total. The third-order valence-electron chi connectivity index (χ3n) is 1.86. The Kier molecular flexibility index (Phi) is 3.88. The van der Waals surface area contributed by atoms with Crippen LogP contribution in [0.15, 0.2) is 40.3 Å². The van der Waals surface area contributed by atoms with Crippen LogP contribution in [0.25, 0.3) is 0 Å². The first-order valence-corrected chi connectivity index (χ1v) is 6.17. The first kappa shape index (κ1) is 10.8. The molecule has 1 aromatic carbocycles. The number of hydrogen-bond acceptors (Lipinski definition) is 3. The average Bonchev–Trinajstić information content (AvgIpc) is 2.66. The predicted molar refractivity (Wildman–Crippen MR) is 64.7 cm³/mol. The molecule has 0 atom stereocenters. The molecule has 0 radical (unpaired) electrons. The van der Waals surface area contributed by atoms with Crippen LogP contribution in [0.2, 0.25) is 0 Å². The second-order valence-electron chi connectivity index (χ2n) is 3.04. The summed E-state index contributed by atoms with van der Waals surface area (Å²) in [4.78, 5) is 4.19. The summed E-state index contributed by atoms with van der Waals surface area (Å²) in [6.45, 7) is 1.21. The fourth-order valence-corrected chi connectivity index (χ4v) is 2.43. The van der Waals surface area contributed by atoms with Crippen molar-refractivity contribution in [2.45, 2.75) is 13.2 Å². The zero-order valence-corrected chi connectivity index (χ0v) is 10.4. The van der Waals surface area contributed by atoms with Crippen molar-refractivity contribution in [3.8, 4) is 0 Å². The van der Waals surface area contributed by atoms with Crippen molar-refractivity contribution < 1.29 is 4.74 Å². The maximum atomic E-state index is 5.55. The molecular weight excluding hydrogens is 274 g/mol. The molecule has 15 heavy (non-hydrogen) atoms. The van der Waals surface area contributed by atoms with Crippen molar-refractivity contribution in [3.63, 3.8) is 0 Å². The van der Waals surface area contributed by atoms with E-state index < -0.39 is 0 Å². The summed E-state index contributed by atoms with van der Waals surface area (Å²) in [7, 11) is 0. The van der Waals surface area contributed by atoms with Gasteiger partial charge in [-0.05, 0) is 21.5 Å². The van der Waals surface area contributed by atoms with E-state index in [0.29, 0.717) is 13.2 Å². The maximum Gasteiger partial charge on any atom is 0.119 e. The second-order valence-corrected chi connectivity index (χ2v) is 5.53. The van der Waals surface area contributed by atoms with Gasteiger partial charge in [-0.25, -0.2) is 4.98 Å². The normalized spacial score (nSPS) is 10.5. The van der Waals surface area contributed by atoms with E-state index in [9.17, 15) is 0 Å². The fraction of sp³-hybridized carbons (Fsp3) is 0.182. The van der Waals surface area contributed by atoms with Gasteiger partial charge in [-0.2, -0.15) is 0 Å². The minimum Gasteiger partial charge on any atom is -0.370 e. The summed E-state index contributed by atoms with van der Waals surface area (Å²) in [5.74, 6) is 0. The van der Waals surface area contributed by atoms with Gasteiger partial charge in [0.15, 0.2) is 0 Å². The van der Waals surface area contributed by atoms with Crippen LogP contribution >= 0.6 is 27.3 Å². The van der Waals surface area contributed by atoms with E-state index in [-0.39, 0.29) is 0 Å². The molecule has 0 saturated carbocycles. The van der Waals surface area contributed by atoms with E-state index in [1.54, 1.807) is 17.5 Å². The second kappa shape index (κ2) is 5.39. The molecule has 0 spiro atoms. The zero-order valence-electron chi connectivity index (χ0n) is 8.02. The standard InChI is InChI=1S/C11H10BrNOS/c12-10-6-13-11(15-10)8-14-7-9-4-2-1-3-5-9/h1-6H,7-8H2. The molecule has 0 unspecified atom stereocenters. The van der Waals surface area contributed by atoms with Gasteiger partial charge in [-0.15, -0.1) is 11.3 Å². The maximum absolute atomic E-state index is 5.55. The molecule has 1 heterocycles. The van der Waals surface area contributed by atoms with Gasteiger partial charge in [-0.1, -0.05) is 30.3 Å². The van der Waals surface area contributed by atoms with Gasteiger partial charge in [0.2, 0.25) is 0 Å². The monoisotopic (exact) mass is 283 g/mol. The number of thiazole rings is 1. The Morgan fingerprint density at radius 3 is 2.67 bits per heavy atom. The first-order valence-electron chi connectivity index (χ1n) is 4.56. The Bertz CT molecular complexity index is 416. The third-order valence-corrected chi connectivity index (χ3v) is 3.31. The van der Waals surface area contributed by atoms with E-state index >= 15 is 0 Å². The summed E-state index contributed by atoms with van der Waals surface area (Å²) in [5, 5.41) is 0.998. The van der Waals surface area contributed by atoms with E-state index in [4.69, 9.17) is 4.74 Å². The van der Waals surface area contributed by atoms with Crippen LogP contribution in [0.4, 0.5) is 0 Å². The minimum atomic E-state index is 0.575. The molecule has 1 aromatic heterocycles. The van der Waals surface area contributed by atoms with Gasteiger partial charge in [-0.3, -0.25) is 0 Å². The Balaban J connectivity index is 1.80. The van der Waals surface area contributed by atoms with Crippen molar-refractivity contribution in [3.05, 3.63) is 50.9 Å². The highest BCUT2D eigenvalue weighted by molar-refractivity contribution is 9.11. The summed E-state index contributed by atoms with van der Waals surface area (Å²) < 4.78 is 6.59. The predicted octanol–water partition coefficient (Wildman–Crippen LogP) is 3.62. The van der Waals surface area contributed by atoms with E-state index in [1.165, 1.54) is 5.56 Å². The number of aromatic nitrogens is 1. The molecule has 0 saturated heterocycles. The number of nitrogens with zero attached hydrogens (tertiary/aromatic N) is 1. The van der Waals surface area contributed by atoms with Crippen molar-refractivity contribution in [2.24, 2.45) is 0 Å². The molecule has 0 amide bonds. The van der Waals surface area contributed by atoms with E-state index in [2.05, 4.69) is 33.0 Å². The van der Waals surface area contributed by atoms with Gasteiger partial charge in [0.25, 0.3) is 0 Å². The largest absolute Gasteiger partial charge is 0.370 e. The molecule has 0 aliphatic carbocycles. The lowest BCUT2D eigenvalue weighted by molar-refractivity contribution is 0.107. The summed E-state index contributed by atoms with van der Waals surface area (Å²) in [6, 6.07) is 10.1. The molecule has 2 aromatic rings. The van der Waals surface area contributed by atoms with Crippen LogP contribution in [0.1, 0.15) is 10.6 Å². The van der Waals surface area contributed by atoms with Gasteiger partial charge in [0.05, 0.1) is 23.2 Å². The highest BCUT2D eigenvalue weighted by atomic mass is 79.9. The Hall–Kier alpha value is -0.710. The van der Waals surface area contributed by atoms with Crippen LogP contribution in [-0.4, -0.2) is 4.98 Å². The molecule has 0 aliphatic rings. The Morgan fingerprint density at radius 1 is 1.20 bits per heavy atom. The van der Waals surface area contributed by atoms with Gasteiger partial charge in [0, 0.05) is 0 Å². The molecule has 2 rings (SSSR count). The van der Waals surface area contributed by atoms with Gasteiger partial charge >= 0.3 is 0 Å². The number of ether oxygens (including phenoxy) is 1. The van der Waals surface area contributed by atoms with Crippen molar-refractivity contribution in [1.82, 2.24) is 4.98 Å². The molecule has 4 heteroatoms. The highest BCUT2D eigenvalue weighted by Crippen LogP contribution is 2.19. The lowest BCUT2D eigenvalue weighted by Gasteiger charge is -2.01. The molecule has 0 aliphatic heterocycles. The third kappa shape index (κ3) is 3.41. The van der Waals surface area contributed by atoms with Crippen LogP contribution in [-0.2, 0) is 18.0 Å². The van der Waals surface area contributed by atoms with Crippen LogP contribution in [0, 0.1) is 0 Å².